The maximum absolute atomic E-state index is 11.6. The Morgan fingerprint density at radius 3 is 2.92 bits per heavy atom. The molecule has 0 unspecified atom stereocenters. The molecule has 3 nitrogen and oxygen atoms in total. The minimum atomic E-state index is 0.0995. The third-order valence-corrected chi connectivity index (χ3v) is 2.18. The molecule has 1 saturated carbocycles. The van der Waals surface area contributed by atoms with Crippen LogP contribution in [0.15, 0.2) is 23.1 Å². The fraction of sp³-hybridized carbons (Fsp3) is 0.444. The molecule has 1 heterocycles. The smallest absolute Gasteiger partial charge is 0.274 e. The van der Waals surface area contributed by atoms with Gasteiger partial charge in [-0.1, -0.05) is 0 Å². The third-order valence-electron chi connectivity index (χ3n) is 2.18. The van der Waals surface area contributed by atoms with Crippen LogP contribution < -0.4 is 10.9 Å². The lowest BCUT2D eigenvalue weighted by Gasteiger charge is -2.04. The van der Waals surface area contributed by atoms with Gasteiger partial charge in [-0.25, -0.2) is 0 Å². The van der Waals surface area contributed by atoms with Crippen LogP contribution in [0.5, 0.6) is 0 Å². The Labute approximate surface area is 71.0 Å². The molecule has 1 aromatic rings. The Hall–Kier alpha value is -1.25. The predicted octanol–water partition coefficient (Wildman–Crippen LogP) is 1.22. The summed E-state index contributed by atoms with van der Waals surface area (Å²) >= 11 is 0. The Bertz CT molecular complexity index is 339. The fourth-order valence-corrected chi connectivity index (χ4v) is 1.34. The van der Waals surface area contributed by atoms with Crippen molar-refractivity contribution in [3.63, 3.8) is 0 Å². The lowest BCUT2D eigenvalue weighted by atomic mass is 10.4. The molecule has 64 valence electrons. The van der Waals surface area contributed by atoms with Crippen LogP contribution in [-0.2, 0) is 0 Å². The maximum atomic E-state index is 11.6. The van der Waals surface area contributed by atoms with Crippen molar-refractivity contribution in [3.05, 3.63) is 28.7 Å². The molecule has 0 saturated heterocycles. The number of hydrogen-bond donors (Lipinski definition) is 1. The second-order valence-electron chi connectivity index (χ2n) is 3.12. The van der Waals surface area contributed by atoms with Gasteiger partial charge in [0.2, 0.25) is 0 Å². The molecule has 1 aliphatic carbocycles. The van der Waals surface area contributed by atoms with Crippen LogP contribution in [0, 0.1) is 0 Å². The van der Waals surface area contributed by atoms with E-state index in [-0.39, 0.29) is 5.56 Å². The first-order valence-corrected chi connectivity index (χ1v) is 4.22. The molecule has 0 bridgehead atoms. The second kappa shape index (κ2) is 2.66. The van der Waals surface area contributed by atoms with E-state index >= 15 is 0 Å². The van der Waals surface area contributed by atoms with Gasteiger partial charge in [0.1, 0.15) is 5.69 Å². The molecule has 1 N–H and O–H groups in total. The molecule has 0 aliphatic heterocycles. The maximum Gasteiger partial charge on any atom is 0.274 e. The van der Waals surface area contributed by atoms with E-state index in [2.05, 4.69) is 5.32 Å². The lowest BCUT2D eigenvalue weighted by Crippen LogP contribution is -2.20. The van der Waals surface area contributed by atoms with Gasteiger partial charge in [0.05, 0.1) is 0 Å². The van der Waals surface area contributed by atoms with E-state index in [1.807, 2.05) is 16.8 Å². The molecule has 1 fully saturated rings. The van der Waals surface area contributed by atoms with Crippen molar-refractivity contribution in [2.45, 2.75) is 18.9 Å². The summed E-state index contributed by atoms with van der Waals surface area (Å²) in [5, 5.41) is 2.88. The fourth-order valence-electron chi connectivity index (χ4n) is 1.34. The van der Waals surface area contributed by atoms with Crippen molar-refractivity contribution in [2.24, 2.45) is 0 Å². The van der Waals surface area contributed by atoms with Gasteiger partial charge < -0.3 is 9.88 Å². The topological polar surface area (TPSA) is 34.0 Å². The highest BCUT2D eigenvalue weighted by Crippen LogP contribution is 2.33. The number of aromatic nitrogens is 1. The van der Waals surface area contributed by atoms with Gasteiger partial charge >= 0.3 is 0 Å². The minimum Gasteiger partial charge on any atom is -0.384 e. The van der Waals surface area contributed by atoms with Crippen LogP contribution in [0.4, 0.5) is 5.69 Å². The molecule has 0 radical (unpaired) electrons. The molecule has 3 heteroatoms. The lowest BCUT2D eigenvalue weighted by molar-refractivity contribution is 0.709. The zero-order valence-electron chi connectivity index (χ0n) is 7.08. The van der Waals surface area contributed by atoms with Crippen molar-refractivity contribution in [1.82, 2.24) is 4.57 Å². The third kappa shape index (κ3) is 1.11. The van der Waals surface area contributed by atoms with Crippen molar-refractivity contribution in [3.8, 4) is 0 Å². The summed E-state index contributed by atoms with van der Waals surface area (Å²) in [5.74, 6) is 0. The van der Waals surface area contributed by atoms with Crippen LogP contribution in [0.2, 0.25) is 0 Å². The first kappa shape index (κ1) is 7.40. The van der Waals surface area contributed by atoms with E-state index in [1.54, 1.807) is 13.1 Å². The molecule has 0 atom stereocenters. The monoisotopic (exact) mass is 164 g/mol. The molecule has 2 rings (SSSR count). The number of anilines is 1. The van der Waals surface area contributed by atoms with Crippen LogP contribution in [0.3, 0.4) is 0 Å². The quantitative estimate of drug-likeness (QED) is 0.713. The Morgan fingerprint density at radius 2 is 2.33 bits per heavy atom. The van der Waals surface area contributed by atoms with Crippen LogP contribution >= 0.6 is 0 Å². The Kier molecular flexibility index (Phi) is 1.64. The molecule has 1 aliphatic rings. The largest absolute Gasteiger partial charge is 0.384 e. The zero-order valence-corrected chi connectivity index (χ0v) is 7.08. The Morgan fingerprint density at radius 1 is 1.58 bits per heavy atom. The van der Waals surface area contributed by atoms with E-state index in [0.717, 1.165) is 12.8 Å². The standard InChI is InChI=1S/C9H12N2O/c1-10-8-3-2-6-11(9(8)12)7-4-5-7/h2-3,6-7,10H,4-5H2,1H3. The number of hydrogen-bond acceptors (Lipinski definition) is 2. The summed E-state index contributed by atoms with van der Waals surface area (Å²) in [6.07, 6.45) is 4.15. The van der Waals surface area contributed by atoms with Crippen molar-refractivity contribution >= 4 is 5.69 Å². The summed E-state index contributed by atoms with van der Waals surface area (Å²) < 4.78 is 1.81. The van der Waals surface area contributed by atoms with Gasteiger partial charge in [-0.3, -0.25) is 4.79 Å². The van der Waals surface area contributed by atoms with Gasteiger partial charge in [-0.15, -0.1) is 0 Å². The number of nitrogens with one attached hydrogen (secondary N) is 1. The second-order valence-corrected chi connectivity index (χ2v) is 3.12. The Balaban J connectivity index is 2.48. The van der Waals surface area contributed by atoms with Crippen LogP contribution in [-0.4, -0.2) is 11.6 Å². The van der Waals surface area contributed by atoms with Gasteiger partial charge in [0.25, 0.3) is 5.56 Å². The van der Waals surface area contributed by atoms with Gasteiger partial charge in [-0.05, 0) is 25.0 Å². The number of pyridine rings is 1. The summed E-state index contributed by atoms with van der Waals surface area (Å²) in [6.45, 7) is 0. The minimum absolute atomic E-state index is 0.0995. The average Bonchev–Trinajstić information content (AvgIpc) is 2.88. The van der Waals surface area contributed by atoms with E-state index in [1.165, 1.54) is 0 Å². The molecule has 1 aromatic heterocycles. The van der Waals surface area contributed by atoms with Gasteiger partial charge in [0.15, 0.2) is 0 Å². The van der Waals surface area contributed by atoms with E-state index in [0.29, 0.717) is 11.7 Å². The van der Waals surface area contributed by atoms with Crippen LogP contribution in [0.1, 0.15) is 18.9 Å². The van der Waals surface area contributed by atoms with Crippen LogP contribution in [0.25, 0.3) is 0 Å². The van der Waals surface area contributed by atoms with E-state index in [9.17, 15) is 4.79 Å². The predicted molar refractivity (Wildman–Crippen MR) is 48.5 cm³/mol. The molecule has 0 amide bonds. The van der Waals surface area contributed by atoms with Gasteiger partial charge in [-0.2, -0.15) is 0 Å². The molecular weight excluding hydrogens is 152 g/mol. The highest BCUT2D eigenvalue weighted by Gasteiger charge is 2.24. The SMILES string of the molecule is CNc1cccn(C2CC2)c1=O. The first-order chi connectivity index (χ1) is 5.83. The summed E-state index contributed by atoms with van der Waals surface area (Å²) in [6, 6.07) is 4.18. The summed E-state index contributed by atoms with van der Waals surface area (Å²) in [4.78, 5) is 11.6. The molecule has 12 heavy (non-hydrogen) atoms. The summed E-state index contributed by atoms with van der Waals surface area (Å²) in [7, 11) is 1.77. The van der Waals surface area contributed by atoms with E-state index < -0.39 is 0 Å². The first-order valence-electron chi connectivity index (χ1n) is 4.22. The van der Waals surface area contributed by atoms with E-state index in [4.69, 9.17) is 0 Å². The van der Waals surface area contributed by atoms with Gasteiger partial charge in [0, 0.05) is 19.3 Å². The number of rotatable bonds is 2. The average molecular weight is 164 g/mol. The number of nitrogens with zero attached hydrogens (tertiary/aromatic N) is 1. The molecular formula is C9H12N2O. The zero-order chi connectivity index (χ0) is 8.55. The summed E-state index contributed by atoms with van der Waals surface area (Å²) in [5.41, 5.74) is 0.784. The molecule has 0 spiro atoms. The highest BCUT2D eigenvalue weighted by molar-refractivity contribution is 5.39. The normalized spacial score (nSPS) is 16.1. The molecule has 0 aromatic carbocycles. The van der Waals surface area contributed by atoms with Crippen molar-refractivity contribution in [1.29, 1.82) is 0 Å². The van der Waals surface area contributed by atoms with Crippen molar-refractivity contribution < 1.29 is 0 Å². The highest BCUT2D eigenvalue weighted by atomic mass is 16.1. The van der Waals surface area contributed by atoms with Crippen molar-refractivity contribution in [2.75, 3.05) is 12.4 Å².